The van der Waals surface area contributed by atoms with E-state index in [4.69, 9.17) is 5.11 Å². The van der Waals surface area contributed by atoms with Gasteiger partial charge in [0, 0.05) is 37.8 Å². The molecule has 0 spiro atoms. The van der Waals surface area contributed by atoms with Gasteiger partial charge in [-0.15, -0.1) is 0 Å². The monoisotopic (exact) mass is 262 g/mol. The van der Waals surface area contributed by atoms with Crippen LogP contribution in [0.5, 0.6) is 0 Å². The maximum Gasteiger partial charge on any atom is 0.303 e. The minimum absolute atomic E-state index is 0.0555. The Bertz CT molecular complexity index is 499. The molecule has 102 valence electrons. The normalized spacial score (nSPS) is 12.7. The van der Waals surface area contributed by atoms with Gasteiger partial charge in [0.1, 0.15) is 0 Å². The Balaban J connectivity index is 1.97. The van der Waals surface area contributed by atoms with Crippen LogP contribution in [0, 0.1) is 0 Å². The van der Waals surface area contributed by atoms with Crippen LogP contribution < -0.4 is 5.32 Å². The van der Waals surface area contributed by atoms with E-state index in [9.17, 15) is 9.59 Å². The fraction of sp³-hybridized carbons (Fsp3) is 0.429. The predicted octanol–water partition coefficient (Wildman–Crippen LogP) is 1.59. The number of benzene rings is 1. The molecule has 0 saturated heterocycles. The third-order valence-corrected chi connectivity index (χ3v) is 3.29. The van der Waals surface area contributed by atoms with Crippen molar-refractivity contribution < 1.29 is 14.7 Å². The van der Waals surface area contributed by atoms with E-state index in [1.54, 1.807) is 11.9 Å². The number of hydrogen-bond acceptors (Lipinski definition) is 3. The zero-order valence-electron chi connectivity index (χ0n) is 11.0. The van der Waals surface area contributed by atoms with Crippen molar-refractivity contribution in [3.63, 3.8) is 0 Å². The molecule has 0 unspecified atom stereocenters. The molecule has 0 aliphatic carbocycles. The van der Waals surface area contributed by atoms with Crippen LogP contribution in [-0.4, -0.2) is 42.0 Å². The summed E-state index contributed by atoms with van der Waals surface area (Å²) in [5.41, 5.74) is 2.94. The molecule has 1 aromatic rings. The Morgan fingerprint density at radius 1 is 1.42 bits per heavy atom. The summed E-state index contributed by atoms with van der Waals surface area (Å²) < 4.78 is 0. The summed E-state index contributed by atoms with van der Waals surface area (Å²) in [6, 6.07) is 5.67. The summed E-state index contributed by atoms with van der Waals surface area (Å²) in [4.78, 5) is 24.2. The molecule has 0 aromatic heterocycles. The summed E-state index contributed by atoms with van der Waals surface area (Å²) in [6.07, 6.45) is 1.51. The molecule has 19 heavy (non-hydrogen) atoms. The SMILES string of the molecule is CN(CCCC(=O)O)C(=O)c1ccc2c(c1)CCN2. The molecule has 1 aromatic carbocycles. The van der Waals surface area contributed by atoms with Gasteiger partial charge in [-0.05, 0) is 36.6 Å². The van der Waals surface area contributed by atoms with Crippen molar-refractivity contribution in [3.05, 3.63) is 29.3 Å². The van der Waals surface area contributed by atoms with Gasteiger partial charge in [-0.1, -0.05) is 0 Å². The van der Waals surface area contributed by atoms with Crippen molar-refractivity contribution in [2.45, 2.75) is 19.3 Å². The summed E-state index contributed by atoms with van der Waals surface area (Å²) in [5.74, 6) is -0.885. The highest BCUT2D eigenvalue weighted by atomic mass is 16.4. The van der Waals surface area contributed by atoms with Crippen molar-refractivity contribution >= 4 is 17.6 Å². The molecular weight excluding hydrogens is 244 g/mol. The quantitative estimate of drug-likeness (QED) is 0.845. The maximum absolute atomic E-state index is 12.2. The lowest BCUT2D eigenvalue weighted by Crippen LogP contribution is -2.28. The van der Waals surface area contributed by atoms with E-state index < -0.39 is 5.97 Å². The van der Waals surface area contributed by atoms with Crippen molar-refractivity contribution in [1.82, 2.24) is 4.90 Å². The van der Waals surface area contributed by atoms with Crippen LogP contribution in [0.4, 0.5) is 5.69 Å². The van der Waals surface area contributed by atoms with Gasteiger partial charge in [0.25, 0.3) is 5.91 Å². The van der Waals surface area contributed by atoms with Crippen molar-refractivity contribution in [2.24, 2.45) is 0 Å². The van der Waals surface area contributed by atoms with Crippen LogP contribution in [0.3, 0.4) is 0 Å². The number of carboxylic acid groups (broad SMARTS) is 1. The van der Waals surface area contributed by atoms with Crippen molar-refractivity contribution in [2.75, 3.05) is 25.5 Å². The first-order chi connectivity index (χ1) is 9.08. The average molecular weight is 262 g/mol. The molecule has 1 amide bonds. The summed E-state index contributed by atoms with van der Waals surface area (Å²) in [7, 11) is 1.70. The lowest BCUT2D eigenvalue weighted by molar-refractivity contribution is -0.137. The number of carbonyl (C=O) groups excluding carboxylic acids is 1. The minimum Gasteiger partial charge on any atom is -0.481 e. The summed E-state index contributed by atoms with van der Waals surface area (Å²) in [6.45, 7) is 1.38. The van der Waals surface area contributed by atoms with Crippen molar-refractivity contribution in [3.8, 4) is 0 Å². The first-order valence-corrected chi connectivity index (χ1v) is 6.42. The zero-order valence-corrected chi connectivity index (χ0v) is 11.0. The molecule has 0 atom stereocenters. The largest absolute Gasteiger partial charge is 0.481 e. The molecule has 2 rings (SSSR count). The molecule has 0 bridgehead atoms. The Kier molecular flexibility index (Phi) is 4.04. The number of nitrogens with one attached hydrogen (secondary N) is 1. The third-order valence-electron chi connectivity index (χ3n) is 3.29. The molecule has 5 nitrogen and oxygen atoms in total. The van der Waals surface area contributed by atoms with E-state index in [-0.39, 0.29) is 12.3 Å². The van der Waals surface area contributed by atoms with Gasteiger partial charge < -0.3 is 15.3 Å². The van der Waals surface area contributed by atoms with Crippen LogP contribution in [0.25, 0.3) is 0 Å². The number of aliphatic carboxylic acids is 1. The number of hydrogen-bond donors (Lipinski definition) is 2. The number of nitrogens with zero attached hydrogens (tertiary/aromatic N) is 1. The van der Waals surface area contributed by atoms with E-state index in [0.29, 0.717) is 18.5 Å². The van der Waals surface area contributed by atoms with Gasteiger partial charge >= 0.3 is 5.97 Å². The average Bonchev–Trinajstić information content (AvgIpc) is 2.84. The lowest BCUT2D eigenvalue weighted by Gasteiger charge is -2.17. The first-order valence-electron chi connectivity index (χ1n) is 6.42. The molecule has 0 saturated carbocycles. The molecule has 1 aliphatic heterocycles. The van der Waals surface area contributed by atoms with Crippen LogP contribution in [0.1, 0.15) is 28.8 Å². The first kappa shape index (κ1) is 13.4. The Morgan fingerprint density at radius 2 is 2.21 bits per heavy atom. The molecule has 0 fully saturated rings. The highest BCUT2D eigenvalue weighted by molar-refractivity contribution is 5.95. The van der Waals surface area contributed by atoms with Gasteiger partial charge in [0.2, 0.25) is 0 Å². The van der Waals surface area contributed by atoms with Gasteiger partial charge in [-0.2, -0.15) is 0 Å². The van der Waals surface area contributed by atoms with Crippen molar-refractivity contribution in [1.29, 1.82) is 0 Å². The second kappa shape index (κ2) is 5.73. The topological polar surface area (TPSA) is 69.6 Å². The second-order valence-corrected chi connectivity index (χ2v) is 4.77. The van der Waals surface area contributed by atoms with Gasteiger partial charge in [-0.3, -0.25) is 9.59 Å². The molecule has 5 heteroatoms. The highest BCUT2D eigenvalue weighted by Gasteiger charge is 2.16. The zero-order chi connectivity index (χ0) is 13.8. The third kappa shape index (κ3) is 3.24. The number of amides is 1. The summed E-state index contributed by atoms with van der Waals surface area (Å²) in [5, 5.41) is 11.8. The van der Waals surface area contributed by atoms with Crippen LogP contribution in [-0.2, 0) is 11.2 Å². The van der Waals surface area contributed by atoms with E-state index >= 15 is 0 Å². The number of carbonyl (C=O) groups is 2. The Labute approximate surface area is 112 Å². The molecular formula is C14H18N2O3. The predicted molar refractivity (Wildman–Crippen MR) is 72.5 cm³/mol. The Morgan fingerprint density at radius 3 is 2.95 bits per heavy atom. The number of fused-ring (bicyclic) bond motifs is 1. The van der Waals surface area contributed by atoms with E-state index in [2.05, 4.69) is 5.32 Å². The molecule has 1 heterocycles. The standard InChI is InChI=1S/C14H18N2O3/c1-16(8-2-3-13(17)18)14(19)11-4-5-12-10(9-11)6-7-15-12/h4-5,9,15H,2-3,6-8H2,1H3,(H,17,18). The fourth-order valence-corrected chi connectivity index (χ4v) is 2.23. The van der Waals surface area contributed by atoms with Crippen LogP contribution >= 0.6 is 0 Å². The second-order valence-electron chi connectivity index (χ2n) is 4.77. The van der Waals surface area contributed by atoms with Gasteiger partial charge in [-0.25, -0.2) is 0 Å². The van der Waals surface area contributed by atoms with Gasteiger partial charge in [0.05, 0.1) is 0 Å². The molecule has 0 radical (unpaired) electrons. The van der Waals surface area contributed by atoms with E-state index in [0.717, 1.165) is 18.7 Å². The lowest BCUT2D eigenvalue weighted by atomic mass is 10.1. The molecule has 2 N–H and O–H groups in total. The van der Waals surface area contributed by atoms with Crippen LogP contribution in [0.2, 0.25) is 0 Å². The molecule has 1 aliphatic rings. The van der Waals surface area contributed by atoms with Gasteiger partial charge in [0.15, 0.2) is 0 Å². The summed E-state index contributed by atoms with van der Waals surface area (Å²) >= 11 is 0. The maximum atomic E-state index is 12.2. The smallest absolute Gasteiger partial charge is 0.303 e. The number of rotatable bonds is 5. The van der Waals surface area contributed by atoms with Crippen LogP contribution in [0.15, 0.2) is 18.2 Å². The Hall–Kier alpha value is -2.04. The van der Waals surface area contributed by atoms with E-state index in [1.165, 1.54) is 5.56 Å². The highest BCUT2D eigenvalue weighted by Crippen LogP contribution is 2.23. The number of anilines is 1. The fourth-order valence-electron chi connectivity index (χ4n) is 2.23. The minimum atomic E-state index is -0.829. The van der Waals surface area contributed by atoms with E-state index in [1.807, 2.05) is 18.2 Å². The number of carboxylic acids is 1.